The minimum absolute atomic E-state index is 0. The van der Waals surface area contributed by atoms with Crippen LogP contribution in [0.2, 0.25) is 5.02 Å². The van der Waals surface area contributed by atoms with Crippen molar-refractivity contribution in [3.05, 3.63) is 34.3 Å². The first-order valence-corrected chi connectivity index (χ1v) is 6.94. The van der Waals surface area contributed by atoms with Crippen LogP contribution in [-0.2, 0) is 11.2 Å². The Bertz CT molecular complexity index is 473. The highest BCUT2D eigenvalue weighted by Crippen LogP contribution is 2.35. The second-order valence-electron chi connectivity index (χ2n) is 5.06. The van der Waals surface area contributed by atoms with Crippen molar-refractivity contribution in [3.63, 3.8) is 0 Å². The Kier molecular flexibility index (Phi) is 4.71. The number of halogens is 2. The summed E-state index contributed by atoms with van der Waals surface area (Å²) in [6, 6.07) is 6.07. The number of benzene rings is 1. The van der Waals surface area contributed by atoms with Gasteiger partial charge >= 0.3 is 0 Å². The molecule has 19 heavy (non-hydrogen) atoms. The second-order valence-corrected chi connectivity index (χ2v) is 5.46. The summed E-state index contributed by atoms with van der Waals surface area (Å²) >= 11 is 6.17. The van der Waals surface area contributed by atoms with E-state index in [0.717, 1.165) is 37.3 Å². The molecular formula is C14H18Cl2N2O. The van der Waals surface area contributed by atoms with Crippen molar-refractivity contribution in [1.29, 1.82) is 0 Å². The average molecular weight is 301 g/mol. The normalized spacial score (nSPS) is 24.7. The van der Waals surface area contributed by atoms with Gasteiger partial charge in [0.1, 0.15) is 0 Å². The van der Waals surface area contributed by atoms with Crippen LogP contribution in [0.4, 0.5) is 0 Å². The van der Waals surface area contributed by atoms with Gasteiger partial charge in [-0.15, -0.1) is 12.4 Å². The standard InChI is InChI=1S/C14H17ClN2O.ClH/c15-11-4-1-3-10-9(11)6-7-12(10)17-14(18)13-5-2-8-16-13;/h1,3-4,12-13,16H,2,5-8H2,(H,17,18);1H. The van der Waals surface area contributed by atoms with Crippen LogP contribution in [0.5, 0.6) is 0 Å². The van der Waals surface area contributed by atoms with Crippen LogP contribution in [0.3, 0.4) is 0 Å². The molecule has 1 heterocycles. The summed E-state index contributed by atoms with van der Waals surface area (Å²) in [6.07, 6.45) is 3.95. The van der Waals surface area contributed by atoms with Gasteiger partial charge in [0.15, 0.2) is 0 Å². The van der Waals surface area contributed by atoms with Crippen molar-refractivity contribution in [2.75, 3.05) is 6.54 Å². The second kappa shape index (κ2) is 6.12. The number of amides is 1. The number of hydrogen-bond donors (Lipinski definition) is 2. The molecule has 104 valence electrons. The molecule has 0 radical (unpaired) electrons. The third kappa shape index (κ3) is 2.88. The molecule has 0 aromatic heterocycles. The van der Waals surface area contributed by atoms with Crippen molar-refractivity contribution in [2.45, 2.75) is 37.8 Å². The molecule has 2 aliphatic rings. The molecular weight excluding hydrogens is 283 g/mol. The first kappa shape index (κ1) is 14.6. The number of carbonyl (C=O) groups excluding carboxylic acids is 1. The van der Waals surface area contributed by atoms with E-state index in [1.807, 2.05) is 12.1 Å². The number of nitrogens with one attached hydrogen (secondary N) is 2. The molecule has 1 amide bonds. The highest BCUT2D eigenvalue weighted by molar-refractivity contribution is 6.31. The van der Waals surface area contributed by atoms with Gasteiger partial charge in [0.05, 0.1) is 12.1 Å². The van der Waals surface area contributed by atoms with Crippen molar-refractivity contribution in [3.8, 4) is 0 Å². The maximum Gasteiger partial charge on any atom is 0.237 e. The summed E-state index contributed by atoms with van der Waals surface area (Å²) in [6.45, 7) is 0.950. The van der Waals surface area contributed by atoms with E-state index in [4.69, 9.17) is 11.6 Å². The van der Waals surface area contributed by atoms with Crippen LogP contribution < -0.4 is 10.6 Å². The minimum Gasteiger partial charge on any atom is -0.348 e. The van der Waals surface area contributed by atoms with Gasteiger partial charge in [-0.1, -0.05) is 23.7 Å². The van der Waals surface area contributed by atoms with Gasteiger partial charge in [-0.2, -0.15) is 0 Å². The molecule has 1 aromatic carbocycles. The highest BCUT2D eigenvalue weighted by Gasteiger charge is 2.29. The Hall–Kier alpha value is -0.770. The topological polar surface area (TPSA) is 41.1 Å². The Labute approximate surface area is 124 Å². The molecule has 0 bridgehead atoms. The molecule has 5 heteroatoms. The average Bonchev–Trinajstić information content (AvgIpc) is 2.99. The first-order valence-electron chi connectivity index (χ1n) is 6.57. The summed E-state index contributed by atoms with van der Waals surface area (Å²) in [4.78, 5) is 12.1. The van der Waals surface area contributed by atoms with Crippen LogP contribution in [0.25, 0.3) is 0 Å². The van der Waals surface area contributed by atoms with E-state index < -0.39 is 0 Å². The maximum absolute atomic E-state index is 12.1. The molecule has 2 unspecified atom stereocenters. The van der Waals surface area contributed by atoms with Gasteiger partial charge < -0.3 is 10.6 Å². The van der Waals surface area contributed by atoms with Gasteiger partial charge in [-0.3, -0.25) is 4.79 Å². The van der Waals surface area contributed by atoms with E-state index in [1.165, 1.54) is 11.1 Å². The summed E-state index contributed by atoms with van der Waals surface area (Å²) in [5.74, 6) is 0.130. The van der Waals surface area contributed by atoms with E-state index >= 15 is 0 Å². The summed E-state index contributed by atoms with van der Waals surface area (Å²) in [7, 11) is 0. The van der Waals surface area contributed by atoms with Crippen molar-refractivity contribution < 1.29 is 4.79 Å². The van der Waals surface area contributed by atoms with Gasteiger partial charge in [-0.05, 0) is 49.4 Å². The molecule has 2 N–H and O–H groups in total. The number of hydrogen-bond acceptors (Lipinski definition) is 2. The van der Waals surface area contributed by atoms with Crippen LogP contribution in [0.15, 0.2) is 18.2 Å². The monoisotopic (exact) mass is 300 g/mol. The lowest BCUT2D eigenvalue weighted by Crippen LogP contribution is -2.41. The summed E-state index contributed by atoms with van der Waals surface area (Å²) in [5, 5.41) is 7.19. The number of rotatable bonds is 2. The SMILES string of the molecule is Cl.O=C(NC1CCc2c(Cl)cccc21)C1CCCN1. The third-order valence-corrected chi connectivity index (χ3v) is 4.26. The zero-order valence-corrected chi connectivity index (χ0v) is 12.2. The van der Waals surface area contributed by atoms with Gasteiger partial charge in [0, 0.05) is 5.02 Å². The van der Waals surface area contributed by atoms with E-state index in [-0.39, 0.29) is 30.4 Å². The zero-order chi connectivity index (χ0) is 12.5. The van der Waals surface area contributed by atoms with Gasteiger partial charge in [-0.25, -0.2) is 0 Å². The smallest absolute Gasteiger partial charge is 0.237 e. The Balaban J connectivity index is 0.00000133. The maximum atomic E-state index is 12.1. The molecule has 1 aromatic rings. The lowest BCUT2D eigenvalue weighted by Gasteiger charge is -2.17. The molecule has 3 rings (SSSR count). The van der Waals surface area contributed by atoms with E-state index in [0.29, 0.717) is 0 Å². The fraction of sp³-hybridized carbons (Fsp3) is 0.500. The molecule has 2 atom stereocenters. The predicted molar refractivity (Wildman–Crippen MR) is 78.9 cm³/mol. The molecule has 1 fully saturated rings. The number of fused-ring (bicyclic) bond motifs is 1. The van der Waals surface area contributed by atoms with Crippen molar-refractivity contribution >= 4 is 29.9 Å². The lowest BCUT2D eigenvalue weighted by molar-refractivity contribution is -0.123. The van der Waals surface area contributed by atoms with E-state index in [1.54, 1.807) is 0 Å². The van der Waals surface area contributed by atoms with Crippen LogP contribution >= 0.6 is 24.0 Å². The first-order chi connectivity index (χ1) is 8.75. The van der Waals surface area contributed by atoms with E-state index in [2.05, 4.69) is 16.7 Å². The molecule has 0 saturated carbocycles. The summed E-state index contributed by atoms with van der Waals surface area (Å²) < 4.78 is 0. The number of carbonyl (C=O) groups is 1. The van der Waals surface area contributed by atoms with Crippen molar-refractivity contribution in [2.24, 2.45) is 0 Å². The van der Waals surface area contributed by atoms with E-state index in [9.17, 15) is 4.79 Å². The quantitative estimate of drug-likeness (QED) is 0.881. The Morgan fingerprint density at radius 1 is 1.37 bits per heavy atom. The zero-order valence-electron chi connectivity index (χ0n) is 10.6. The van der Waals surface area contributed by atoms with Crippen LogP contribution in [-0.4, -0.2) is 18.5 Å². The fourth-order valence-electron chi connectivity index (χ4n) is 2.94. The van der Waals surface area contributed by atoms with Gasteiger partial charge in [0.25, 0.3) is 0 Å². The van der Waals surface area contributed by atoms with Crippen LogP contribution in [0, 0.1) is 0 Å². The Morgan fingerprint density at radius 3 is 2.95 bits per heavy atom. The highest BCUT2D eigenvalue weighted by atomic mass is 35.5. The molecule has 1 saturated heterocycles. The predicted octanol–water partition coefficient (Wildman–Crippen LogP) is 2.62. The third-order valence-electron chi connectivity index (χ3n) is 3.91. The van der Waals surface area contributed by atoms with Crippen molar-refractivity contribution in [1.82, 2.24) is 10.6 Å². The van der Waals surface area contributed by atoms with Crippen LogP contribution in [0.1, 0.15) is 36.4 Å². The molecule has 1 aliphatic heterocycles. The molecule has 1 aliphatic carbocycles. The molecule has 0 spiro atoms. The fourth-order valence-corrected chi connectivity index (χ4v) is 3.22. The van der Waals surface area contributed by atoms with Gasteiger partial charge in [0.2, 0.25) is 5.91 Å². The summed E-state index contributed by atoms with van der Waals surface area (Å²) in [5.41, 5.74) is 2.39. The lowest BCUT2D eigenvalue weighted by atomic mass is 10.1. The minimum atomic E-state index is -0.00626. The molecule has 3 nitrogen and oxygen atoms in total. The Morgan fingerprint density at radius 2 is 2.21 bits per heavy atom. The largest absolute Gasteiger partial charge is 0.348 e.